The fourth-order valence-corrected chi connectivity index (χ4v) is 4.63. The zero-order valence-corrected chi connectivity index (χ0v) is 21.2. The predicted molar refractivity (Wildman–Crippen MR) is 142 cm³/mol. The zero-order valence-electron chi connectivity index (χ0n) is 19.7. The van der Waals surface area contributed by atoms with Crippen molar-refractivity contribution in [1.29, 1.82) is 0 Å². The van der Waals surface area contributed by atoms with Crippen LogP contribution in [0.2, 0.25) is 5.02 Å². The van der Waals surface area contributed by atoms with Crippen LogP contribution in [-0.4, -0.2) is 34.1 Å². The zero-order chi connectivity index (χ0) is 26.9. The van der Waals surface area contributed by atoms with Crippen LogP contribution < -0.4 is 10.3 Å². The van der Waals surface area contributed by atoms with Gasteiger partial charge in [0.1, 0.15) is 0 Å². The van der Waals surface area contributed by atoms with E-state index in [2.05, 4.69) is 30.0 Å². The lowest BCUT2D eigenvalue weighted by atomic mass is 10.2. The third-order valence-corrected chi connectivity index (χ3v) is 7.06. The van der Waals surface area contributed by atoms with Crippen LogP contribution >= 0.6 is 11.6 Å². The molecule has 0 fully saturated rings. The number of hydrogen-bond acceptors (Lipinski definition) is 8. The number of carbonyl (C=O) groups is 1. The first-order valence-electron chi connectivity index (χ1n) is 11.1. The highest BCUT2D eigenvalue weighted by Gasteiger charge is 2.18. The molecule has 0 amide bonds. The highest BCUT2D eigenvalue weighted by atomic mass is 35.5. The molecule has 3 aromatic carbocycles. The molecule has 5 aromatic rings. The molecule has 0 aliphatic rings. The van der Waals surface area contributed by atoms with Crippen molar-refractivity contribution in [2.24, 2.45) is 10.2 Å². The molecule has 38 heavy (non-hydrogen) atoms. The number of azo groups is 1. The van der Waals surface area contributed by atoms with Gasteiger partial charge in [0.2, 0.25) is 0 Å². The number of sulfonamides is 1. The van der Waals surface area contributed by atoms with Gasteiger partial charge in [0.25, 0.3) is 15.9 Å². The lowest BCUT2D eigenvalue weighted by Gasteiger charge is -2.08. The Morgan fingerprint density at radius 3 is 2.37 bits per heavy atom. The molecule has 5 rings (SSSR count). The molecule has 0 aliphatic heterocycles. The first-order valence-corrected chi connectivity index (χ1v) is 13.0. The van der Waals surface area contributed by atoms with Crippen LogP contribution in [0.15, 0.2) is 98.9 Å². The summed E-state index contributed by atoms with van der Waals surface area (Å²) >= 11 is 5.86. The van der Waals surface area contributed by atoms with E-state index in [0.717, 1.165) is 4.68 Å². The second-order valence-corrected chi connectivity index (χ2v) is 10.2. The summed E-state index contributed by atoms with van der Waals surface area (Å²) in [6.07, 6.45) is 1.34. The van der Waals surface area contributed by atoms with Crippen molar-refractivity contribution in [3.8, 4) is 0 Å². The maximum absolute atomic E-state index is 12.8. The van der Waals surface area contributed by atoms with Gasteiger partial charge in [-0.15, -0.1) is 5.11 Å². The molecule has 2 heterocycles. The Morgan fingerprint density at radius 1 is 0.974 bits per heavy atom. The van der Waals surface area contributed by atoms with Gasteiger partial charge in [-0.3, -0.25) is 24.4 Å². The maximum Gasteiger partial charge on any atom is 0.302 e. The van der Waals surface area contributed by atoms with Gasteiger partial charge in [-0.05, 0) is 67.6 Å². The van der Waals surface area contributed by atoms with Crippen molar-refractivity contribution in [1.82, 2.24) is 19.7 Å². The van der Waals surface area contributed by atoms with Crippen molar-refractivity contribution < 1.29 is 13.2 Å². The number of aromatic amines is 1. The van der Waals surface area contributed by atoms with Crippen LogP contribution in [0, 0.1) is 6.92 Å². The van der Waals surface area contributed by atoms with Crippen LogP contribution in [0.4, 0.5) is 17.2 Å². The van der Waals surface area contributed by atoms with Gasteiger partial charge in [0, 0.05) is 10.6 Å². The molecule has 11 nitrogen and oxygen atoms in total. The van der Waals surface area contributed by atoms with E-state index < -0.39 is 21.5 Å². The van der Waals surface area contributed by atoms with E-state index in [1.165, 1.54) is 42.6 Å². The van der Waals surface area contributed by atoms with Crippen molar-refractivity contribution in [2.75, 3.05) is 4.72 Å². The monoisotopic (exact) mass is 547 g/mol. The molecule has 0 atom stereocenters. The third kappa shape index (κ3) is 5.08. The molecule has 0 aliphatic carbocycles. The number of nitrogens with one attached hydrogen (secondary N) is 2. The number of fused-ring (bicyclic) bond motifs is 1. The van der Waals surface area contributed by atoms with Crippen molar-refractivity contribution in [2.45, 2.75) is 11.8 Å². The Kier molecular flexibility index (Phi) is 6.57. The van der Waals surface area contributed by atoms with E-state index in [4.69, 9.17) is 11.6 Å². The van der Waals surface area contributed by atoms with Crippen LogP contribution in [0.5, 0.6) is 0 Å². The number of aryl methyl sites for hydroxylation is 1. The SMILES string of the molecule is Cc1[nH]n(C(=O)c2ccc(Cl)cc2)c(=O)c1N=Nc1ccc(S(=O)(=O)Nc2cnc3ccccc3n2)cc1. The first kappa shape index (κ1) is 25.0. The smallest absolute Gasteiger partial charge is 0.290 e. The van der Waals surface area contributed by atoms with Gasteiger partial charge in [-0.2, -0.15) is 9.80 Å². The number of para-hydroxylation sites is 2. The largest absolute Gasteiger partial charge is 0.302 e. The maximum atomic E-state index is 12.8. The second kappa shape index (κ2) is 10.00. The Bertz CT molecular complexity index is 1860. The van der Waals surface area contributed by atoms with Gasteiger partial charge < -0.3 is 0 Å². The van der Waals surface area contributed by atoms with Gasteiger partial charge in [-0.25, -0.2) is 13.4 Å². The van der Waals surface area contributed by atoms with Crippen LogP contribution in [0.1, 0.15) is 16.1 Å². The number of hydrogen-bond donors (Lipinski definition) is 2. The Morgan fingerprint density at radius 2 is 1.66 bits per heavy atom. The standard InChI is InChI=1S/C25H18ClN7O4S/c1-15-23(25(35)33(31-15)24(34)16-6-8-17(26)9-7-16)30-29-18-10-12-19(13-11-18)38(36,37)32-22-14-27-20-4-2-3-5-21(20)28-22/h2-14,31H,1H3,(H,28,32). The van der Waals surface area contributed by atoms with E-state index in [-0.39, 0.29) is 22.0 Å². The minimum absolute atomic E-state index is 0.0276. The quantitative estimate of drug-likeness (QED) is 0.286. The Balaban J connectivity index is 1.33. The number of anilines is 1. The van der Waals surface area contributed by atoms with Gasteiger partial charge in [-0.1, -0.05) is 23.7 Å². The molecule has 2 N–H and O–H groups in total. The van der Waals surface area contributed by atoms with Crippen LogP contribution in [0.25, 0.3) is 11.0 Å². The average molecular weight is 548 g/mol. The molecule has 0 saturated heterocycles. The van der Waals surface area contributed by atoms with E-state index in [0.29, 0.717) is 27.4 Å². The average Bonchev–Trinajstić information content (AvgIpc) is 3.20. The number of aromatic nitrogens is 4. The van der Waals surface area contributed by atoms with E-state index >= 15 is 0 Å². The molecule has 0 bridgehead atoms. The number of nitrogens with zero attached hydrogens (tertiary/aromatic N) is 5. The Labute approximate surface area is 220 Å². The highest BCUT2D eigenvalue weighted by Crippen LogP contribution is 2.22. The summed E-state index contributed by atoms with van der Waals surface area (Å²) in [7, 11) is -3.94. The summed E-state index contributed by atoms with van der Waals surface area (Å²) in [5.74, 6) is -0.491. The van der Waals surface area contributed by atoms with Gasteiger partial charge in [0.15, 0.2) is 11.5 Å². The lowest BCUT2D eigenvalue weighted by Crippen LogP contribution is -2.25. The molecule has 0 radical (unpaired) electrons. The molecular formula is C25H18ClN7O4S. The number of halogens is 1. The highest BCUT2D eigenvalue weighted by molar-refractivity contribution is 7.92. The van der Waals surface area contributed by atoms with Crippen molar-refractivity contribution in [3.05, 3.63) is 106 Å². The lowest BCUT2D eigenvalue weighted by molar-refractivity contribution is 0.0941. The van der Waals surface area contributed by atoms with Gasteiger partial charge >= 0.3 is 5.56 Å². The molecule has 0 saturated carbocycles. The number of rotatable bonds is 6. The van der Waals surface area contributed by atoms with Crippen molar-refractivity contribution >= 4 is 55.8 Å². The topological polar surface area (TPSA) is 152 Å². The first-order chi connectivity index (χ1) is 18.2. The minimum atomic E-state index is -3.94. The summed E-state index contributed by atoms with van der Waals surface area (Å²) in [5.41, 5.74) is 1.36. The van der Waals surface area contributed by atoms with Gasteiger partial charge in [0.05, 0.1) is 33.5 Å². The summed E-state index contributed by atoms with van der Waals surface area (Å²) in [4.78, 5) is 33.9. The summed E-state index contributed by atoms with van der Waals surface area (Å²) in [6, 6.07) is 18.8. The normalized spacial score (nSPS) is 11.7. The predicted octanol–water partition coefficient (Wildman–Crippen LogP) is 4.99. The van der Waals surface area contributed by atoms with Crippen LogP contribution in [-0.2, 0) is 10.0 Å². The molecule has 13 heteroatoms. The number of carbonyl (C=O) groups excluding carboxylic acids is 1. The summed E-state index contributed by atoms with van der Waals surface area (Å²) < 4.78 is 28.8. The van der Waals surface area contributed by atoms with E-state index in [1.54, 1.807) is 37.3 Å². The molecule has 2 aromatic heterocycles. The van der Waals surface area contributed by atoms with E-state index in [9.17, 15) is 18.0 Å². The molecular weight excluding hydrogens is 530 g/mol. The minimum Gasteiger partial charge on any atom is -0.290 e. The molecule has 0 unspecified atom stereocenters. The molecule has 190 valence electrons. The summed E-state index contributed by atoms with van der Waals surface area (Å²) in [6.45, 7) is 1.58. The number of H-pyrrole nitrogens is 1. The Hall–Kier alpha value is -4.68. The third-order valence-electron chi connectivity index (χ3n) is 5.43. The number of benzene rings is 3. The fourth-order valence-electron chi connectivity index (χ4n) is 3.52. The fraction of sp³-hybridized carbons (Fsp3) is 0.0400. The van der Waals surface area contributed by atoms with Crippen molar-refractivity contribution in [3.63, 3.8) is 0 Å². The molecule has 0 spiro atoms. The van der Waals surface area contributed by atoms with Crippen LogP contribution in [0.3, 0.4) is 0 Å². The summed E-state index contributed by atoms with van der Waals surface area (Å²) in [5, 5.41) is 11.2. The van der Waals surface area contributed by atoms with E-state index in [1.807, 2.05) is 6.07 Å². The second-order valence-electron chi connectivity index (χ2n) is 8.08.